The Morgan fingerprint density at radius 3 is 2.41 bits per heavy atom. The van der Waals surface area contributed by atoms with Crippen molar-refractivity contribution < 1.29 is 4.39 Å². The molecule has 4 aromatic rings. The first-order valence-electron chi connectivity index (χ1n) is 8.68. The molecule has 2 nitrogen and oxygen atoms in total. The van der Waals surface area contributed by atoms with Gasteiger partial charge in [0.05, 0.1) is 0 Å². The SMILES string of the molecule is Cn1cc(-c2ccc(F)cc2)c2ccc(SCc3ccccc3)cc2c1=O. The molecule has 0 bridgehead atoms. The number of fused-ring (bicyclic) bond motifs is 1. The van der Waals surface area contributed by atoms with Crippen molar-refractivity contribution in [2.24, 2.45) is 7.05 Å². The number of thioether (sulfide) groups is 1. The van der Waals surface area contributed by atoms with E-state index in [9.17, 15) is 9.18 Å². The predicted molar refractivity (Wildman–Crippen MR) is 111 cm³/mol. The van der Waals surface area contributed by atoms with Gasteiger partial charge in [0.2, 0.25) is 0 Å². The summed E-state index contributed by atoms with van der Waals surface area (Å²) in [5.74, 6) is 0.581. The highest BCUT2D eigenvalue weighted by molar-refractivity contribution is 7.98. The van der Waals surface area contributed by atoms with Gasteiger partial charge in [-0.15, -0.1) is 11.8 Å². The maximum Gasteiger partial charge on any atom is 0.258 e. The Morgan fingerprint density at radius 2 is 1.67 bits per heavy atom. The average Bonchev–Trinajstić information content (AvgIpc) is 2.70. The van der Waals surface area contributed by atoms with Crippen LogP contribution in [0.2, 0.25) is 0 Å². The maximum absolute atomic E-state index is 13.3. The molecule has 0 radical (unpaired) electrons. The Labute approximate surface area is 161 Å². The number of nitrogens with zero attached hydrogens (tertiary/aromatic N) is 1. The van der Waals surface area contributed by atoms with Crippen LogP contribution in [0.25, 0.3) is 21.9 Å². The van der Waals surface area contributed by atoms with E-state index in [0.717, 1.165) is 27.2 Å². The van der Waals surface area contributed by atoms with Crippen LogP contribution >= 0.6 is 11.8 Å². The van der Waals surface area contributed by atoms with E-state index in [1.165, 1.54) is 17.7 Å². The second-order valence-corrected chi connectivity index (χ2v) is 7.50. The molecule has 27 heavy (non-hydrogen) atoms. The summed E-state index contributed by atoms with van der Waals surface area (Å²) in [6.07, 6.45) is 1.81. The minimum atomic E-state index is -0.271. The molecule has 134 valence electrons. The molecule has 0 saturated carbocycles. The Bertz CT molecular complexity index is 1150. The zero-order chi connectivity index (χ0) is 18.8. The van der Waals surface area contributed by atoms with Gasteiger partial charge in [0.1, 0.15) is 5.82 Å². The number of pyridine rings is 1. The molecule has 0 aliphatic carbocycles. The number of hydrogen-bond donors (Lipinski definition) is 0. The zero-order valence-corrected chi connectivity index (χ0v) is 15.7. The third-order valence-corrected chi connectivity index (χ3v) is 5.62. The molecular formula is C23H18FNOS. The first kappa shape index (κ1) is 17.6. The van der Waals surface area contributed by atoms with Gasteiger partial charge in [-0.25, -0.2) is 4.39 Å². The molecule has 0 aliphatic heterocycles. The molecule has 0 amide bonds. The van der Waals surface area contributed by atoms with E-state index in [0.29, 0.717) is 5.39 Å². The van der Waals surface area contributed by atoms with Crippen molar-refractivity contribution in [3.8, 4) is 11.1 Å². The topological polar surface area (TPSA) is 22.0 Å². The van der Waals surface area contributed by atoms with Gasteiger partial charge in [0, 0.05) is 34.8 Å². The Hall–Kier alpha value is -2.85. The Morgan fingerprint density at radius 1 is 0.926 bits per heavy atom. The van der Waals surface area contributed by atoms with E-state index >= 15 is 0 Å². The van der Waals surface area contributed by atoms with Crippen LogP contribution in [0.1, 0.15) is 5.56 Å². The highest BCUT2D eigenvalue weighted by Gasteiger charge is 2.10. The van der Waals surface area contributed by atoms with Crippen molar-refractivity contribution in [2.75, 3.05) is 0 Å². The second kappa shape index (κ2) is 7.41. The van der Waals surface area contributed by atoms with Gasteiger partial charge >= 0.3 is 0 Å². The molecule has 0 saturated heterocycles. The standard InChI is InChI=1S/C23H18FNOS/c1-25-14-22(17-7-9-18(24)10-8-17)20-12-11-19(13-21(20)23(25)26)27-15-16-5-3-2-4-6-16/h2-14H,15H2,1H3. The van der Waals surface area contributed by atoms with E-state index in [2.05, 4.69) is 12.1 Å². The van der Waals surface area contributed by atoms with Crippen molar-refractivity contribution in [1.82, 2.24) is 4.57 Å². The van der Waals surface area contributed by atoms with Crippen LogP contribution in [0.5, 0.6) is 0 Å². The smallest absolute Gasteiger partial charge is 0.258 e. The van der Waals surface area contributed by atoms with Crippen molar-refractivity contribution in [2.45, 2.75) is 10.6 Å². The van der Waals surface area contributed by atoms with Gasteiger partial charge in [-0.2, -0.15) is 0 Å². The highest BCUT2D eigenvalue weighted by atomic mass is 32.2. The molecule has 0 N–H and O–H groups in total. The number of halogens is 1. The number of aromatic nitrogens is 1. The summed E-state index contributed by atoms with van der Waals surface area (Å²) in [7, 11) is 1.75. The molecule has 0 fully saturated rings. The van der Waals surface area contributed by atoms with Gasteiger partial charge in [0.15, 0.2) is 0 Å². The number of rotatable bonds is 4. The molecule has 0 spiro atoms. The summed E-state index contributed by atoms with van der Waals surface area (Å²) in [6, 6.07) is 22.6. The summed E-state index contributed by atoms with van der Waals surface area (Å²) in [5, 5.41) is 1.56. The Balaban J connectivity index is 1.76. The van der Waals surface area contributed by atoms with E-state index in [-0.39, 0.29) is 11.4 Å². The number of benzene rings is 3. The van der Waals surface area contributed by atoms with Gasteiger partial charge in [0.25, 0.3) is 5.56 Å². The summed E-state index contributed by atoms with van der Waals surface area (Å²) in [5.41, 5.74) is 3.03. The van der Waals surface area contributed by atoms with Crippen LogP contribution in [-0.4, -0.2) is 4.57 Å². The highest BCUT2D eigenvalue weighted by Crippen LogP contribution is 2.31. The predicted octanol–water partition coefficient (Wildman–Crippen LogP) is 5.64. The van der Waals surface area contributed by atoms with Gasteiger partial charge in [-0.1, -0.05) is 48.5 Å². The lowest BCUT2D eigenvalue weighted by Gasteiger charge is -2.11. The molecule has 4 rings (SSSR count). The van der Waals surface area contributed by atoms with Crippen molar-refractivity contribution >= 4 is 22.5 Å². The summed E-state index contributed by atoms with van der Waals surface area (Å²) in [4.78, 5) is 13.7. The van der Waals surface area contributed by atoms with Crippen LogP contribution in [0.4, 0.5) is 4.39 Å². The fraction of sp³-hybridized carbons (Fsp3) is 0.0870. The monoisotopic (exact) mass is 375 g/mol. The van der Waals surface area contributed by atoms with Crippen molar-refractivity contribution in [1.29, 1.82) is 0 Å². The van der Waals surface area contributed by atoms with Crippen molar-refractivity contribution in [3.63, 3.8) is 0 Å². The molecule has 0 atom stereocenters. The lowest BCUT2D eigenvalue weighted by Crippen LogP contribution is -2.16. The van der Waals surface area contributed by atoms with Crippen LogP contribution < -0.4 is 5.56 Å². The van der Waals surface area contributed by atoms with E-state index in [1.54, 1.807) is 35.5 Å². The molecule has 0 aliphatic rings. The Kier molecular flexibility index (Phi) is 4.82. The van der Waals surface area contributed by atoms with Gasteiger partial charge in [-0.3, -0.25) is 4.79 Å². The first-order valence-corrected chi connectivity index (χ1v) is 9.66. The summed E-state index contributed by atoms with van der Waals surface area (Å²) >= 11 is 1.71. The second-order valence-electron chi connectivity index (χ2n) is 6.45. The van der Waals surface area contributed by atoms with Gasteiger partial charge in [-0.05, 0) is 40.8 Å². The minimum absolute atomic E-state index is 0.0296. The van der Waals surface area contributed by atoms with Crippen LogP contribution in [0, 0.1) is 5.82 Å². The summed E-state index contributed by atoms with van der Waals surface area (Å²) in [6.45, 7) is 0. The molecule has 1 aromatic heterocycles. The molecule has 0 unspecified atom stereocenters. The lowest BCUT2D eigenvalue weighted by molar-refractivity contribution is 0.628. The number of hydrogen-bond acceptors (Lipinski definition) is 2. The fourth-order valence-electron chi connectivity index (χ4n) is 3.14. The van der Waals surface area contributed by atoms with E-state index in [1.807, 2.05) is 42.6 Å². The zero-order valence-electron chi connectivity index (χ0n) is 14.9. The fourth-order valence-corrected chi connectivity index (χ4v) is 4.03. The van der Waals surface area contributed by atoms with Crippen LogP contribution in [0.3, 0.4) is 0 Å². The molecule has 3 aromatic carbocycles. The quantitative estimate of drug-likeness (QED) is 0.431. The summed E-state index contributed by atoms with van der Waals surface area (Å²) < 4.78 is 14.9. The van der Waals surface area contributed by atoms with Crippen LogP contribution in [-0.2, 0) is 12.8 Å². The van der Waals surface area contributed by atoms with Crippen molar-refractivity contribution in [3.05, 3.63) is 101 Å². The number of aryl methyl sites for hydroxylation is 1. The maximum atomic E-state index is 13.3. The first-order chi connectivity index (χ1) is 13.1. The minimum Gasteiger partial charge on any atom is -0.317 e. The normalized spacial score (nSPS) is 11.0. The van der Waals surface area contributed by atoms with E-state index in [4.69, 9.17) is 0 Å². The van der Waals surface area contributed by atoms with Crippen LogP contribution in [0.15, 0.2) is 88.7 Å². The largest absolute Gasteiger partial charge is 0.317 e. The third kappa shape index (κ3) is 3.67. The molecule has 4 heteroatoms. The average molecular weight is 375 g/mol. The molecule has 1 heterocycles. The van der Waals surface area contributed by atoms with Gasteiger partial charge < -0.3 is 4.57 Å². The molecular weight excluding hydrogens is 357 g/mol. The lowest BCUT2D eigenvalue weighted by atomic mass is 10.0. The third-order valence-electron chi connectivity index (χ3n) is 4.56. The van der Waals surface area contributed by atoms with E-state index < -0.39 is 0 Å².